The molecule has 0 bridgehead atoms. The van der Waals surface area contributed by atoms with Crippen LogP contribution in [0, 0.1) is 0 Å². The fourth-order valence-corrected chi connectivity index (χ4v) is 2.39. The molecule has 0 unspecified atom stereocenters. The summed E-state index contributed by atoms with van der Waals surface area (Å²) < 4.78 is 2.69. The van der Waals surface area contributed by atoms with E-state index in [-0.39, 0.29) is 4.87 Å². The topological polar surface area (TPSA) is 54.6 Å². The fourth-order valence-electron chi connectivity index (χ4n) is 1.47. The third-order valence-corrected chi connectivity index (χ3v) is 3.10. The molecule has 4 nitrogen and oxygen atoms in total. The molecule has 0 saturated heterocycles. The Labute approximate surface area is 90.1 Å². The summed E-state index contributed by atoms with van der Waals surface area (Å²) in [6, 6.07) is 7.67. The zero-order chi connectivity index (χ0) is 10.7. The highest BCUT2D eigenvalue weighted by Gasteiger charge is 2.04. The lowest BCUT2D eigenvalue weighted by molar-refractivity contribution is 0.320. The van der Waals surface area contributed by atoms with Gasteiger partial charge in [0.25, 0.3) is 0 Å². The van der Waals surface area contributed by atoms with Crippen molar-refractivity contribution in [2.24, 2.45) is 5.16 Å². The molecule has 78 valence electrons. The first kappa shape index (κ1) is 9.92. The molecular weight excluding hydrogens is 212 g/mol. The average molecular weight is 222 g/mol. The van der Waals surface area contributed by atoms with Gasteiger partial charge in [-0.15, -0.1) is 5.16 Å². The van der Waals surface area contributed by atoms with Crippen molar-refractivity contribution in [1.82, 2.24) is 4.57 Å². The molecule has 1 aromatic carbocycles. The van der Waals surface area contributed by atoms with Gasteiger partial charge >= 0.3 is 4.87 Å². The Balaban J connectivity index is 2.41. The summed E-state index contributed by atoms with van der Waals surface area (Å²) >= 11 is 1.24. The van der Waals surface area contributed by atoms with E-state index < -0.39 is 0 Å². The number of benzene rings is 1. The number of hydrogen-bond acceptors (Lipinski definition) is 4. The van der Waals surface area contributed by atoms with E-state index in [2.05, 4.69) is 5.16 Å². The van der Waals surface area contributed by atoms with Crippen molar-refractivity contribution in [3.05, 3.63) is 33.9 Å². The molecule has 0 aliphatic heterocycles. The van der Waals surface area contributed by atoms with Crippen molar-refractivity contribution in [2.45, 2.75) is 13.0 Å². The summed E-state index contributed by atoms with van der Waals surface area (Å²) in [6.45, 7) is 0.549. The molecule has 0 radical (unpaired) electrons. The van der Waals surface area contributed by atoms with E-state index in [0.717, 1.165) is 10.2 Å². The molecule has 0 aliphatic carbocycles. The van der Waals surface area contributed by atoms with Crippen LogP contribution in [0.2, 0.25) is 0 Å². The van der Waals surface area contributed by atoms with Gasteiger partial charge in [-0.1, -0.05) is 23.5 Å². The number of hydrogen-bond donors (Lipinski definition) is 1. The number of thiazole rings is 1. The lowest BCUT2D eigenvalue weighted by Crippen LogP contribution is -2.12. The van der Waals surface area contributed by atoms with E-state index in [1.54, 1.807) is 4.57 Å². The summed E-state index contributed by atoms with van der Waals surface area (Å²) in [6.07, 6.45) is 1.94. The van der Waals surface area contributed by atoms with Gasteiger partial charge in [-0.05, 0) is 12.1 Å². The van der Waals surface area contributed by atoms with Gasteiger partial charge in [0.15, 0.2) is 0 Å². The van der Waals surface area contributed by atoms with Crippen LogP contribution >= 0.6 is 11.3 Å². The molecule has 0 aliphatic rings. The zero-order valence-electron chi connectivity index (χ0n) is 7.96. The van der Waals surface area contributed by atoms with Gasteiger partial charge in [-0.3, -0.25) is 9.36 Å². The summed E-state index contributed by atoms with van der Waals surface area (Å²) in [5, 5.41) is 11.2. The van der Waals surface area contributed by atoms with Gasteiger partial charge in [0.05, 0.1) is 10.2 Å². The lowest BCUT2D eigenvalue weighted by Gasteiger charge is -1.99. The van der Waals surface area contributed by atoms with Crippen molar-refractivity contribution in [2.75, 3.05) is 0 Å². The molecule has 0 atom stereocenters. The number of aryl methyl sites for hydroxylation is 1. The number of aromatic nitrogens is 1. The Bertz CT molecular complexity index is 542. The molecule has 15 heavy (non-hydrogen) atoms. The minimum atomic E-state index is 0.0301. The van der Waals surface area contributed by atoms with E-state index in [0.29, 0.717) is 13.0 Å². The van der Waals surface area contributed by atoms with E-state index in [9.17, 15) is 4.79 Å². The first-order chi connectivity index (χ1) is 7.33. The second kappa shape index (κ2) is 4.27. The van der Waals surface area contributed by atoms with Crippen molar-refractivity contribution in [1.29, 1.82) is 0 Å². The third-order valence-electron chi connectivity index (χ3n) is 2.14. The van der Waals surface area contributed by atoms with E-state index in [4.69, 9.17) is 5.21 Å². The van der Waals surface area contributed by atoms with Gasteiger partial charge in [-0.25, -0.2) is 0 Å². The molecule has 0 spiro atoms. The second-order valence-electron chi connectivity index (χ2n) is 3.07. The van der Waals surface area contributed by atoms with Crippen LogP contribution in [0.1, 0.15) is 6.42 Å². The van der Waals surface area contributed by atoms with Crippen LogP contribution in [-0.2, 0) is 6.54 Å². The average Bonchev–Trinajstić information content (AvgIpc) is 2.56. The van der Waals surface area contributed by atoms with Crippen LogP contribution in [0.4, 0.5) is 0 Å². The van der Waals surface area contributed by atoms with Crippen molar-refractivity contribution < 1.29 is 5.21 Å². The molecular formula is C10H10N2O2S. The molecule has 0 fully saturated rings. The number of oxime groups is 1. The Kier molecular flexibility index (Phi) is 2.82. The summed E-state index contributed by atoms with van der Waals surface area (Å²) in [7, 11) is 0. The largest absolute Gasteiger partial charge is 0.411 e. The Morgan fingerprint density at radius 3 is 3.07 bits per heavy atom. The molecule has 1 N–H and O–H groups in total. The number of nitrogens with zero attached hydrogens (tertiary/aromatic N) is 2. The summed E-state index contributed by atoms with van der Waals surface area (Å²) in [5.41, 5.74) is 0.943. The zero-order valence-corrected chi connectivity index (χ0v) is 8.78. The van der Waals surface area contributed by atoms with Crippen LogP contribution in [0.15, 0.2) is 34.2 Å². The van der Waals surface area contributed by atoms with Crippen molar-refractivity contribution >= 4 is 27.8 Å². The van der Waals surface area contributed by atoms with Crippen LogP contribution in [0.5, 0.6) is 0 Å². The number of fused-ring (bicyclic) bond motifs is 1. The Hall–Kier alpha value is -1.62. The predicted octanol–water partition coefficient (Wildman–Crippen LogP) is 1.91. The van der Waals surface area contributed by atoms with Gasteiger partial charge < -0.3 is 5.21 Å². The molecule has 1 heterocycles. The van der Waals surface area contributed by atoms with E-state index in [1.165, 1.54) is 17.6 Å². The Morgan fingerprint density at radius 1 is 1.47 bits per heavy atom. The molecule has 0 saturated carbocycles. The first-order valence-corrected chi connectivity index (χ1v) is 5.39. The lowest BCUT2D eigenvalue weighted by atomic mass is 10.3. The van der Waals surface area contributed by atoms with Gasteiger partial charge in [0, 0.05) is 19.2 Å². The van der Waals surface area contributed by atoms with Gasteiger partial charge in [-0.2, -0.15) is 0 Å². The molecule has 1 aromatic heterocycles. The highest BCUT2D eigenvalue weighted by atomic mass is 32.1. The van der Waals surface area contributed by atoms with Gasteiger partial charge in [0.1, 0.15) is 0 Å². The van der Waals surface area contributed by atoms with E-state index in [1.807, 2.05) is 24.3 Å². The summed E-state index contributed by atoms with van der Waals surface area (Å²) in [4.78, 5) is 11.6. The third kappa shape index (κ3) is 1.92. The second-order valence-corrected chi connectivity index (χ2v) is 4.07. The highest BCUT2D eigenvalue weighted by Crippen LogP contribution is 2.16. The number of rotatable bonds is 3. The summed E-state index contributed by atoms with van der Waals surface area (Å²) in [5.74, 6) is 0. The molecule has 5 heteroatoms. The van der Waals surface area contributed by atoms with Crippen LogP contribution in [0.25, 0.3) is 10.2 Å². The molecule has 2 rings (SSSR count). The molecule has 2 aromatic rings. The minimum Gasteiger partial charge on any atom is -0.411 e. The highest BCUT2D eigenvalue weighted by molar-refractivity contribution is 7.16. The first-order valence-electron chi connectivity index (χ1n) is 4.57. The van der Waals surface area contributed by atoms with Crippen LogP contribution in [-0.4, -0.2) is 16.0 Å². The van der Waals surface area contributed by atoms with Crippen LogP contribution in [0.3, 0.4) is 0 Å². The fraction of sp³-hybridized carbons (Fsp3) is 0.200. The number of para-hydroxylation sites is 1. The van der Waals surface area contributed by atoms with E-state index >= 15 is 0 Å². The molecule has 0 amide bonds. The predicted molar refractivity (Wildman–Crippen MR) is 61.0 cm³/mol. The Morgan fingerprint density at radius 2 is 2.27 bits per heavy atom. The quantitative estimate of drug-likeness (QED) is 0.490. The maximum Gasteiger partial charge on any atom is 0.308 e. The smallest absolute Gasteiger partial charge is 0.308 e. The SMILES string of the molecule is O=c1sc2ccccc2n1CC/C=N\O. The van der Waals surface area contributed by atoms with Crippen LogP contribution < -0.4 is 4.87 Å². The maximum absolute atomic E-state index is 11.6. The normalized spacial score (nSPS) is 11.5. The minimum absolute atomic E-state index is 0.0301. The monoisotopic (exact) mass is 222 g/mol. The van der Waals surface area contributed by atoms with Gasteiger partial charge in [0.2, 0.25) is 0 Å². The standard InChI is InChI=1S/C10H10N2O2S/c13-10-12(7-3-6-11-14)8-4-1-2-5-9(8)15-10/h1-2,4-6,14H,3,7H2/b11-6-. The van der Waals surface area contributed by atoms with Crippen molar-refractivity contribution in [3.8, 4) is 0 Å². The maximum atomic E-state index is 11.6. The van der Waals surface area contributed by atoms with Crippen molar-refractivity contribution in [3.63, 3.8) is 0 Å².